The predicted octanol–water partition coefficient (Wildman–Crippen LogP) is 3.88. The smallest absolute Gasteiger partial charge is 0.270 e. The first-order chi connectivity index (χ1) is 13.7. The summed E-state index contributed by atoms with van der Waals surface area (Å²) >= 11 is 0. The molecule has 0 spiro atoms. The third-order valence-corrected chi connectivity index (χ3v) is 4.83. The van der Waals surface area contributed by atoms with Gasteiger partial charge in [0.1, 0.15) is 5.69 Å². The number of anilines is 2. The van der Waals surface area contributed by atoms with Gasteiger partial charge < -0.3 is 20.1 Å². The van der Waals surface area contributed by atoms with Crippen molar-refractivity contribution in [1.29, 1.82) is 0 Å². The van der Waals surface area contributed by atoms with E-state index < -0.39 is 0 Å². The number of carbonyl (C=O) groups is 1. The lowest BCUT2D eigenvalue weighted by molar-refractivity contribution is 0.0949. The number of aryl methyl sites for hydroxylation is 1. The first-order valence-corrected chi connectivity index (χ1v) is 9.66. The highest BCUT2D eigenvalue weighted by atomic mass is 16.7. The molecule has 2 aliphatic rings. The van der Waals surface area contributed by atoms with Crippen molar-refractivity contribution in [3.8, 4) is 11.5 Å². The summed E-state index contributed by atoms with van der Waals surface area (Å²) in [4.78, 5) is 21.3. The van der Waals surface area contributed by atoms with E-state index in [-0.39, 0.29) is 12.7 Å². The fourth-order valence-corrected chi connectivity index (χ4v) is 3.40. The number of carbonyl (C=O) groups excluding carboxylic acids is 1. The highest BCUT2D eigenvalue weighted by molar-refractivity contribution is 5.92. The number of rotatable bonds is 6. The zero-order chi connectivity index (χ0) is 19.3. The third-order valence-electron chi connectivity index (χ3n) is 4.83. The van der Waals surface area contributed by atoms with Crippen molar-refractivity contribution in [3.63, 3.8) is 0 Å². The number of hydrogen-bond donors (Lipinski definition) is 2. The first kappa shape index (κ1) is 18.3. The Morgan fingerprint density at radius 3 is 2.89 bits per heavy atom. The lowest BCUT2D eigenvalue weighted by atomic mass is 9.97. The molecule has 1 aromatic heterocycles. The van der Waals surface area contributed by atoms with E-state index in [1.165, 1.54) is 18.4 Å². The molecule has 7 heteroatoms. The number of amides is 1. The second-order valence-corrected chi connectivity index (χ2v) is 7.03. The standard InChI is InChI=1S/C21H24N4O3/c1-14-11-17(20(26)22-10-9-15-5-3-2-4-6-15)25-21(23-14)24-16-7-8-18-19(12-16)28-13-27-18/h5,7-8,11-12H,2-4,6,9-10,13H2,1H3,(H,22,26)(H,23,24,25). The van der Waals surface area contributed by atoms with Gasteiger partial charge in [-0.1, -0.05) is 11.6 Å². The van der Waals surface area contributed by atoms with Gasteiger partial charge >= 0.3 is 0 Å². The number of nitrogens with zero attached hydrogens (tertiary/aromatic N) is 2. The largest absolute Gasteiger partial charge is 0.454 e. The fourth-order valence-electron chi connectivity index (χ4n) is 3.40. The van der Waals surface area contributed by atoms with Gasteiger partial charge in [0.25, 0.3) is 5.91 Å². The molecule has 0 atom stereocenters. The Hall–Kier alpha value is -3.09. The molecule has 0 radical (unpaired) electrons. The molecule has 146 valence electrons. The van der Waals surface area contributed by atoms with Crippen LogP contribution in [0.2, 0.25) is 0 Å². The van der Waals surface area contributed by atoms with Crippen LogP contribution in [0.25, 0.3) is 0 Å². The number of nitrogens with one attached hydrogen (secondary N) is 2. The number of aromatic nitrogens is 2. The molecule has 4 rings (SSSR count). The quantitative estimate of drug-likeness (QED) is 0.740. The van der Waals surface area contributed by atoms with E-state index in [0.29, 0.717) is 29.7 Å². The van der Waals surface area contributed by atoms with Crippen LogP contribution in [-0.4, -0.2) is 29.2 Å². The summed E-state index contributed by atoms with van der Waals surface area (Å²) in [6, 6.07) is 7.20. The summed E-state index contributed by atoms with van der Waals surface area (Å²) in [6.07, 6.45) is 8.03. The Morgan fingerprint density at radius 2 is 2.04 bits per heavy atom. The van der Waals surface area contributed by atoms with Gasteiger partial charge in [-0.2, -0.15) is 0 Å². The lowest BCUT2D eigenvalue weighted by Gasteiger charge is -2.13. The van der Waals surface area contributed by atoms with Crippen LogP contribution < -0.4 is 20.1 Å². The van der Waals surface area contributed by atoms with Crippen molar-refractivity contribution in [2.45, 2.75) is 39.0 Å². The Kier molecular flexibility index (Phi) is 5.41. The van der Waals surface area contributed by atoms with Crippen molar-refractivity contribution in [3.05, 3.63) is 47.3 Å². The van der Waals surface area contributed by atoms with Gasteiger partial charge in [-0.05, 0) is 57.2 Å². The van der Waals surface area contributed by atoms with E-state index in [9.17, 15) is 4.79 Å². The van der Waals surface area contributed by atoms with Crippen LogP contribution in [0.5, 0.6) is 11.5 Å². The molecule has 0 unspecified atom stereocenters. The van der Waals surface area contributed by atoms with Crippen molar-refractivity contribution in [2.24, 2.45) is 0 Å². The Morgan fingerprint density at radius 1 is 1.14 bits per heavy atom. The van der Waals surface area contributed by atoms with Crippen LogP contribution in [-0.2, 0) is 0 Å². The van der Waals surface area contributed by atoms with E-state index >= 15 is 0 Å². The zero-order valence-electron chi connectivity index (χ0n) is 16.0. The molecular weight excluding hydrogens is 356 g/mol. The van der Waals surface area contributed by atoms with Crippen LogP contribution in [0.3, 0.4) is 0 Å². The van der Waals surface area contributed by atoms with Gasteiger partial charge in [-0.25, -0.2) is 9.97 Å². The van der Waals surface area contributed by atoms with Crippen LogP contribution in [0, 0.1) is 6.92 Å². The van der Waals surface area contributed by atoms with Crippen LogP contribution in [0.4, 0.5) is 11.6 Å². The van der Waals surface area contributed by atoms with Crippen molar-refractivity contribution < 1.29 is 14.3 Å². The minimum absolute atomic E-state index is 0.185. The molecule has 2 N–H and O–H groups in total. The maximum absolute atomic E-state index is 12.5. The average Bonchev–Trinajstić information content (AvgIpc) is 3.16. The van der Waals surface area contributed by atoms with E-state index in [1.54, 1.807) is 6.07 Å². The fraction of sp³-hybridized carbons (Fsp3) is 0.381. The minimum Gasteiger partial charge on any atom is -0.454 e. The highest BCUT2D eigenvalue weighted by Gasteiger charge is 2.15. The summed E-state index contributed by atoms with van der Waals surface area (Å²) < 4.78 is 10.7. The van der Waals surface area contributed by atoms with E-state index in [2.05, 4.69) is 26.7 Å². The molecule has 0 fully saturated rings. The molecule has 1 aliphatic heterocycles. The van der Waals surface area contributed by atoms with Gasteiger partial charge in [0.2, 0.25) is 12.7 Å². The number of fused-ring (bicyclic) bond motifs is 1. The Bertz CT molecular complexity index is 911. The van der Waals surface area contributed by atoms with Gasteiger partial charge in [-0.15, -0.1) is 0 Å². The number of allylic oxidation sites excluding steroid dienone is 1. The summed E-state index contributed by atoms with van der Waals surface area (Å²) in [6.45, 7) is 2.69. The molecule has 0 saturated carbocycles. The Labute approximate surface area is 164 Å². The monoisotopic (exact) mass is 380 g/mol. The normalized spacial score (nSPS) is 15.1. The second-order valence-electron chi connectivity index (χ2n) is 7.03. The molecular formula is C21H24N4O3. The van der Waals surface area contributed by atoms with Crippen LogP contribution >= 0.6 is 0 Å². The molecule has 1 amide bonds. The van der Waals surface area contributed by atoms with Crippen molar-refractivity contribution in [2.75, 3.05) is 18.7 Å². The highest BCUT2D eigenvalue weighted by Crippen LogP contribution is 2.34. The SMILES string of the molecule is Cc1cc(C(=O)NCCC2=CCCCC2)nc(Nc2ccc3c(c2)OCO3)n1. The maximum atomic E-state index is 12.5. The third kappa shape index (κ3) is 4.42. The number of benzene rings is 1. The maximum Gasteiger partial charge on any atom is 0.270 e. The lowest BCUT2D eigenvalue weighted by Crippen LogP contribution is -2.26. The van der Waals surface area contributed by atoms with Gasteiger partial charge in [0.15, 0.2) is 11.5 Å². The second kappa shape index (κ2) is 8.29. The summed E-state index contributed by atoms with van der Waals surface area (Å²) in [5, 5.41) is 6.09. The topological polar surface area (TPSA) is 85.4 Å². The van der Waals surface area contributed by atoms with Crippen molar-refractivity contribution >= 4 is 17.5 Å². The van der Waals surface area contributed by atoms with Crippen molar-refractivity contribution in [1.82, 2.24) is 15.3 Å². The Balaban J connectivity index is 1.40. The minimum atomic E-state index is -0.185. The molecule has 0 saturated heterocycles. The van der Waals surface area contributed by atoms with Crippen LogP contribution in [0.15, 0.2) is 35.9 Å². The molecule has 0 bridgehead atoms. The molecule has 1 aliphatic carbocycles. The number of ether oxygens (including phenoxy) is 2. The molecule has 2 aromatic rings. The first-order valence-electron chi connectivity index (χ1n) is 9.66. The molecule has 28 heavy (non-hydrogen) atoms. The average molecular weight is 380 g/mol. The molecule has 2 heterocycles. The van der Waals surface area contributed by atoms with Gasteiger partial charge in [0.05, 0.1) is 0 Å². The van der Waals surface area contributed by atoms with E-state index in [4.69, 9.17) is 9.47 Å². The summed E-state index contributed by atoms with van der Waals surface area (Å²) in [5.41, 5.74) is 3.28. The van der Waals surface area contributed by atoms with Crippen LogP contribution in [0.1, 0.15) is 48.3 Å². The predicted molar refractivity (Wildman–Crippen MR) is 106 cm³/mol. The van der Waals surface area contributed by atoms with Gasteiger partial charge in [-0.3, -0.25) is 4.79 Å². The number of hydrogen-bond acceptors (Lipinski definition) is 6. The van der Waals surface area contributed by atoms with Gasteiger partial charge in [0, 0.05) is 24.0 Å². The summed E-state index contributed by atoms with van der Waals surface area (Å²) in [5.74, 6) is 1.58. The zero-order valence-corrected chi connectivity index (χ0v) is 16.0. The molecule has 1 aromatic carbocycles. The summed E-state index contributed by atoms with van der Waals surface area (Å²) in [7, 11) is 0. The molecule has 7 nitrogen and oxygen atoms in total. The van der Waals surface area contributed by atoms with E-state index in [0.717, 1.165) is 30.6 Å². The van der Waals surface area contributed by atoms with E-state index in [1.807, 2.05) is 25.1 Å².